The summed E-state index contributed by atoms with van der Waals surface area (Å²) >= 11 is 0. The van der Waals surface area contributed by atoms with Gasteiger partial charge in [-0.25, -0.2) is 0 Å². The molecule has 2 aromatic rings. The van der Waals surface area contributed by atoms with Crippen LogP contribution < -0.4 is 0 Å². The number of aromatic nitrogens is 1. The predicted molar refractivity (Wildman–Crippen MR) is 96.5 cm³/mol. The molecule has 0 bridgehead atoms. The second-order valence-electron chi connectivity index (χ2n) is 6.84. The first-order valence-electron chi connectivity index (χ1n) is 8.76. The summed E-state index contributed by atoms with van der Waals surface area (Å²) in [6.45, 7) is 0.835. The number of aromatic hydroxyl groups is 1. The molecule has 2 fully saturated rings. The summed E-state index contributed by atoms with van der Waals surface area (Å²) in [6, 6.07) is 7.92. The molecule has 4 rings (SSSR count). The molecule has 1 aromatic carbocycles. The summed E-state index contributed by atoms with van der Waals surface area (Å²) in [7, 11) is 1.59. The second kappa shape index (κ2) is 6.46. The van der Waals surface area contributed by atoms with E-state index in [-0.39, 0.29) is 42.1 Å². The number of nitrogens with zero attached hydrogens (tertiary/aromatic N) is 4. The van der Waals surface area contributed by atoms with Crippen LogP contribution in [0.15, 0.2) is 42.7 Å². The monoisotopic (exact) mass is 368 g/mol. The van der Waals surface area contributed by atoms with E-state index >= 15 is 0 Å². The van der Waals surface area contributed by atoms with E-state index in [2.05, 4.69) is 0 Å². The molecule has 1 aromatic heterocycles. The Labute approximate surface area is 156 Å². The van der Waals surface area contributed by atoms with Gasteiger partial charge in [0, 0.05) is 38.2 Å². The highest BCUT2D eigenvalue weighted by Crippen LogP contribution is 2.25. The molecule has 3 heterocycles. The number of hydrogen-bond acceptors (Lipinski definition) is 4. The zero-order chi connectivity index (χ0) is 19.1. The predicted octanol–water partition coefficient (Wildman–Crippen LogP) is 0.308. The summed E-state index contributed by atoms with van der Waals surface area (Å²) in [5.41, 5.74) is 0.932. The average Bonchev–Trinajstić information content (AvgIpc) is 3.20. The zero-order valence-electron chi connectivity index (χ0n) is 14.9. The molecule has 0 saturated carbocycles. The van der Waals surface area contributed by atoms with Crippen LogP contribution in [0.1, 0.15) is 10.4 Å². The number of carbonyl (C=O) groups is 3. The number of rotatable bonds is 2. The fourth-order valence-corrected chi connectivity index (χ4v) is 3.64. The van der Waals surface area contributed by atoms with Gasteiger partial charge in [-0.15, -0.1) is 0 Å². The number of piperazine rings is 2. The molecule has 1 N–H and O–H groups in total. The Balaban J connectivity index is 1.59. The number of carbonyl (C=O) groups excluding carboxylic acids is 3. The van der Waals surface area contributed by atoms with Gasteiger partial charge in [-0.05, 0) is 30.3 Å². The SMILES string of the molecule is CN1CC(=O)N2CCN(C(=O)c3cc(-n4cccc4)ccc3O)CC2C1=O. The third-order valence-electron chi connectivity index (χ3n) is 5.13. The molecule has 2 aliphatic rings. The van der Waals surface area contributed by atoms with E-state index in [0.29, 0.717) is 13.1 Å². The number of amides is 3. The molecule has 8 nitrogen and oxygen atoms in total. The van der Waals surface area contributed by atoms with Crippen molar-refractivity contribution in [2.24, 2.45) is 0 Å². The van der Waals surface area contributed by atoms with E-state index < -0.39 is 6.04 Å². The fourth-order valence-electron chi connectivity index (χ4n) is 3.64. The Bertz CT molecular complexity index is 908. The van der Waals surface area contributed by atoms with Gasteiger partial charge < -0.3 is 24.4 Å². The normalized spacial score (nSPS) is 20.0. The van der Waals surface area contributed by atoms with Crippen molar-refractivity contribution in [1.82, 2.24) is 19.3 Å². The lowest BCUT2D eigenvalue weighted by Gasteiger charge is -2.45. The van der Waals surface area contributed by atoms with E-state index in [4.69, 9.17) is 0 Å². The summed E-state index contributed by atoms with van der Waals surface area (Å²) < 4.78 is 1.84. The lowest BCUT2D eigenvalue weighted by Crippen LogP contribution is -2.66. The highest BCUT2D eigenvalue weighted by molar-refractivity contribution is 5.99. The van der Waals surface area contributed by atoms with Crippen LogP contribution >= 0.6 is 0 Å². The van der Waals surface area contributed by atoms with E-state index in [1.807, 2.05) is 29.1 Å². The van der Waals surface area contributed by atoms with Crippen molar-refractivity contribution in [3.8, 4) is 11.4 Å². The fraction of sp³-hybridized carbons (Fsp3) is 0.316. The molecule has 0 spiro atoms. The summed E-state index contributed by atoms with van der Waals surface area (Å²) in [5, 5.41) is 10.2. The third-order valence-corrected chi connectivity index (χ3v) is 5.13. The Morgan fingerprint density at radius 2 is 1.89 bits per heavy atom. The standard InChI is InChI=1S/C19H20N4O4/c1-20-12-17(25)23-9-8-22(11-15(23)19(20)27)18(26)14-10-13(4-5-16(14)24)21-6-2-3-7-21/h2-7,10,15,24H,8-9,11-12H2,1H3. The Kier molecular flexibility index (Phi) is 4.10. The first-order chi connectivity index (χ1) is 13.0. The van der Waals surface area contributed by atoms with E-state index in [9.17, 15) is 19.5 Å². The smallest absolute Gasteiger partial charge is 0.257 e. The Morgan fingerprint density at radius 1 is 1.15 bits per heavy atom. The van der Waals surface area contributed by atoms with Crippen molar-refractivity contribution in [2.75, 3.05) is 33.2 Å². The van der Waals surface area contributed by atoms with Gasteiger partial charge in [0.25, 0.3) is 5.91 Å². The molecule has 27 heavy (non-hydrogen) atoms. The highest BCUT2D eigenvalue weighted by atomic mass is 16.3. The number of phenols is 1. The van der Waals surface area contributed by atoms with Crippen molar-refractivity contribution in [3.05, 3.63) is 48.3 Å². The maximum absolute atomic E-state index is 13.0. The lowest BCUT2D eigenvalue weighted by molar-refractivity contribution is -0.157. The quantitative estimate of drug-likeness (QED) is 0.827. The first-order valence-corrected chi connectivity index (χ1v) is 8.76. The molecular formula is C19H20N4O4. The van der Waals surface area contributed by atoms with Gasteiger partial charge >= 0.3 is 0 Å². The summed E-state index contributed by atoms with van der Waals surface area (Å²) in [4.78, 5) is 42.1. The van der Waals surface area contributed by atoms with Gasteiger partial charge in [0.2, 0.25) is 11.8 Å². The number of benzene rings is 1. The number of phenolic OH excluding ortho intramolecular Hbond substituents is 1. The van der Waals surface area contributed by atoms with Crippen LogP contribution in [-0.2, 0) is 9.59 Å². The summed E-state index contributed by atoms with van der Waals surface area (Å²) in [5.74, 6) is -0.736. The number of fused-ring (bicyclic) bond motifs is 1. The molecule has 0 radical (unpaired) electrons. The Hall–Kier alpha value is -3.29. The molecule has 140 valence electrons. The maximum atomic E-state index is 13.0. The van der Waals surface area contributed by atoms with Crippen LogP contribution in [0.2, 0.25) is 0 Å². The van der Waals surface area contributed by atoms with Gasteiger partial charge in [-0.2, -0.15) is 0 Å². The minimum Gasteiger partial charge on any atom is -0.507 e. The maximum Gasteiger partial charge on any atom is 0.257 e. The number of likely N-dealkylation sites (N-methyl/N-ethyl adjacent to an activating group) is 1. The van der Waals surface area contributed by atoms with Gasteiger partial charge in [0.15, 0.2) is 0 Å². The van der Waals surface area contributed by atoms with Crippen LogP contribution in [0, 0.1) is 0 Å². The van der Waals surface area contributed by atoms with Crippen LogP contribution in [-0.4, -0.2) is 81.4 Å². The second-order valence-corrected chi connectivity index (χ2v) is 6.84. The third kappa shape index (κ3) is 2.92. The van der Waals surface area contributed by atoms with Gasteiger partial charge in [-0.3, -0.25) is 14.4 Å². The van der Waals surface area contributed by atoms with E-state index in [1.54, 1.807) is 24.1 Å². The van der Waals surface area contributed by atoms with Gasteiger partial charge in [-0.1, -0.05) is 0 Å². The molecule has 2 aliphatic heterocycles. The van der Waals surface area contributed by atoms with Gasteiger partial charge in [0.1, 0.15) is 11.8 Å². The van der Waals surface area contributed by atoms with Gasteiger partial charge in [0.05, 0.1) is 18.7 Å². The van der Waals surface area contributed by atoms with Crippen molar-refractivity contribution in [1.29, 1.82) is 0 Å². The van der Waals surface area contributed by atoms with Crippen LogP contribution in [0.25, 0.3) is 5.69 Å². The topological polar surface area (TPSA) is 86.1 Å². The molecule has 1 unspecified atom stereocenters. The van der Waals surface area contributed by atoms with E-state index in [1.165, 1.54) is 15.9 Å². The molecule has 8 heteroatoms. The van der Waals surface area contributed by atoms with Crippen LogP contribution in [0.4, 0.5) is 0 Å². The molecule has 0 aliphatic carbocycles. The van der Waals surface area contributed by atoms with E-state index in [0.717, 1.165) is 5.69 Å². The molecular weight excluding hydrogens is 348 g/mol. The largest absolute Gasteiger partial charge is 0.507 e. The first kappa shape index (κ1) is 17.1. The van der Waals surface area contributed by atoms with Crippen molar-refractivity contribution in [2.45, 2.75) is 6.04 Å². The van der Waals surface area contributed by atoms with Crippen LogP contribution in [0.3, 0.4) is 0 Å². The van der Waals surface area contributed by atoms with Crippen LogP contribution in [0.5, 0.6) is 5.75 Å². The highest BCUT2D eigenvalue weighted by Gasteiger charge is 2.42. The Morgan fingerprint density at radius 3 is 2.63 bits per heavy atom. The molecule has 3 amide bonds. The molecule has 1 atom stereocenters. The summed E-state index contributed by atoms with van der Waals surface area (Å²) in [6.07, 6.45) is 3.70. The average molecular weight is 368 g/mol. The minimum atomic E-state index is -0.663. The van der Waals surface area contributed by atoms with Crippen molar-refractivity contribution in [3.63, 3.8) is 0 Å². The van der Waals surface area contributed by atoms with Crippen molar-refractivity contribution < 1.29 is 19.5 Å². The minimum absolute atomic E-state index is 0.0724. The lowest BCUT2D eigenvalue weighted by atomic mass is 10.1. The number of hydrogen-bond donors (Lipinski definition) is 1. The van der Waals surface area contributed by atoms with Crippen molar-refractivity contribution >= 4 is 17.7 Å². The zero-order valence-corrected chi connectivity index (χ0v) is 14.9. The molecule has 2 saturated heterocycles.